The molecule has 104 valence electrons. The maximum absolute atomic E-state index is 11.5. The molecular formula is C11H14ClN3O3S. The first kappa shape index (κ1) is 19.5. The summed E-state index contributed by atoms with van der Waals surface area (Å²) in [5.74, 6) is -0.232. The van der Waals surface area contributed by atoms with Gasteiger partial charge in [0.05, 0.1) is 6.21 Å². The molecule has 0 aliphatic carbocycles. The average Bonchev–Trinajstić information content (AvgIpc) is 2.83. The van der Waals surface area contributed by atoms with Gasteiger partial charge in [0.1, 0.15) is 5.56 Å². The van der Waals surface area contributed by atoms with E-state index in [-0.39, 0.29) is 29.3 Å². The van der Waals surface area contributed by atoms with Crippen LogP contribution in [0.1, 0.15) is 15.2 Å². The Hall–Kier alpha value is -1.80. The van der Waals surface area contributed by atoms with Gasteiger partial charge in [-0.15, -0.1) is 11.3 Å². The largest absolute Gasteiger partial charge is 1.00 e. The molecule has 0 fully saturated rings. The van der Waals surface area contributed by atoms with Gasteiger partial charge in [-0.2, -0.15) is 5.10 Å². The van der Waals surface area contributed by atoms with Gasteiger partial charge in [0.25, 0.3) is 5.91 Å². The molecule has 2 aromatic heterocycles. The van der Waals surface area contributed by atoms with Crippen molar-refractivity contribution in [1.82, 2.24) is 5.43 Å². The highest BCUT2D eigenvalue weighted by atomic mass is 35.5. The van der Waals surface area contributed by atoms with E-state index in [1.165, 1.54) is 0 Å². The zero-order chi connectivity index (χ0) is 11.2. The number of aromatic nitrogens is 1. The lowest BCUT2D eigenvalue weighted by molar-refractivity contribution is -0.378. The zero-order valence-electron chi connectivity index (χ0n) is 9.76. The van der Waals surface area contributed by atoms with Gasteiger partial charge in [0.2, 0.25) is 0 Å². The van der Waals surface area contributed by atoms with Crippen LogP contribution in [0.3, 0.4) is 0 Å². The molecule has 6 nitrogen and oxygen atoms in total. The van der Waals surface area contributed by atoms with Crippen molar-refractivity contribution in [3.63, 3.8) is 0 Å². The molecule has 1 amide bonds. The lowest BCUT2D eigenvalue weighted by Crippen LogP contribution is -3.00. The van der Waals surface area contributed by atoms with Crippen molar-refractivity contribution in [1.29, 1.82) is 0 Å². The van der Waals surface area contributed by atoms with E-state index in [0.29, 0.717) is 5.56 Å². The van der Waals surface area contributed by atoms with Crippen molar-refractivity contribution in [2.24, 2.45) is 5.10 Å². The number of H-pyrrole nitrogens is 1. The SMILES string of the molecule is O.O.O=C(N/N=C/c1cccs1)c1ccc[nH+]c1.[Cl-]. The lowest BCUT2D eigenvalue weighted by Gasteiger charge is -1.95. The highest BCUT2D eigenvalue weighted by Crippen LogP contribution is 2.04. The Bertz CT molecular complexity index is 491. The second kappa shape index (κ2) is 10.2. The first-order valence-electron chi connectivity index (χ1n) is 4.69. The van der Waals surface area contributed by atoms with E-state index in [4.69, 9.17) is 0 Å². The number of nitrogens with one attached hydrogen (secondary N) is 2. The Morgan fingerprint density at radius 3 is 2.68 bits per heavy atom. The molecule has 19 heavy (non-hydrogen) atoms. The van der Waals surface area contributed by atoms with Crippen molar-refractivity contribution in [3.8, 4) is 0 Å². The van der Waals surface area contributed by atoms with Crippen molar-refractivity contribution in [3.05, 3.63) is 52.5 Å². The normalized spacial score (nSPS) is 8.84. The molecule has 0 saturated carbocycles. The highest BCUT2D eigenvalue weighted by Gasteiger charge is 2.04. The summed E-state index contributed by atoms with van der Waals surface area (Å²) in [5, 5.41) is 5.82. The molecule has 0 bridgehead atoms. The third kappa shape index (κ3) is 6.07. The van der Waals surface area contributed by atoms with Crippen LogP contribution in [0.15, 0.2) is 47.1 Å². The topological polar surface area (TPSA) is 119 Å². The van der Waals surface area contributed by atoms with Crippen LogP contribution < -0.4 is 22.8 Å². The zero-order valence-corrected chi connectivity index (χ0v) is 11.3. The predicted octanol–water partition coefficient (Wildman–Crippen LogP) is -3.32. The molecule has 0 aliphatic rings. The minimum absolute atomic E-state index is 0. The number of pyridine rings is 1. The Morgan fingerprint density at radius 1 is 1.32 bits per heavy atom. The third-order valence-electron chi connectivity index (χ3n) is 1.87. The molecule has 6 N–H and O–H groups in total. The summed E-state index contributed by atoms with van der Waals surface area (Å²) in [6.07, 6.45) is 4.98. The quantitative estimate of drug-likeness (QED) is 0.463. The van der Waals surface area contributed by atoms with Crippen LogP contribution in [-0.2, 0) is 0 Å². The van der Waals surface area contributed by atoms with E-state index in [9.17, 15) is 4.79 Å². The predicted molar refractivity (Wildman–Crippen MR) is 69.6 cm³/mol. The molecule has 0 aliphatic heterocycles. The summed E-state index contributed by atoms with van der Waals surface area (Å²) >= 11 is 1.56. The number of halogens is 1. The smallest absolute Gasteiger partial charge is 0.277 e. The van der Waals surface area contributed by atoms with Gasteiger partial charge in [-0.3, -0.25) is 4.79 Å². The molecule has 2 heterocycles. The molecule has 0 aromatic carbocycles. The number of carbonyl (C=O) groups excluding carboxylic acids is 1. The fourth-order valence-corrected chi connectivity index (χ4v) is 1.70. The number of amides is 1. The van der Waals surface area contributed by atoms with E-state index in [0.717, 1.165) is 4.88 Å². The molecule has 0 radical (unpaired) electrons. The minimum atomic E-state index is -0.232. The number of rotatable bonds is 3. The van der Waals surface area contributed by atoms with Crippen LogP contribution in [0.5, 0.6) is 0 Å². The number of aromatic amines is 1. The third-order valence-corrected chi connectivity index (χ3v) is 2.68. The fourth-order valence-electron chi connectivity index (χ4n) is 1.12. The summed E-state index contributed by atoms with van der Waals surface area (Å²) in [6, 6.07) is 7.33. The Morgan fingerprint density at radius 2 is 2.11 bits per heavy atom. The van der Waals surface area contributed by atoms with Gasteiger partial charge in [0.15, 0.2) is 12.4 Å². The Kier molecular flexibility index (Phi) is 10.4. The number of hydrogen-bond acceptors (Lipinski definition) is 3. The molecular weight excluding hydrogens is 290 g/mol. The number of nitrogens with zero attached hydrogens (tertiary/aromatic N) is 1. The van der Waals surface area contributed by atoms with Crippen LogP contribution in [0.25, 0.3) is 0 Å². The second-order valence-corrected chi connectivity index (χ2v) is 3.99. The molecule has 0 atom stereocenters. The van der Waals surface area contributed by atoms with E-state index in [1.54, 1.807) is 42.1 Å². The number of thiophene rings is 1. The van der Waals surface area contributed by atoms with Crippen LogP contribution in [0, 0.1) is 0 Å². The van der Waals surface area contributed by atoms with E-state index >= 15 is 0 Å². The Labute approximate surface area is 120 Å². The van der Waals surface area contributed by atoms with Gasteiger partial charge in [-0.05, 0) is 17.5 Å². The molecule has 0 spiro atoms. The second-order valence-electron chi connectivity index (χ2n) is 3.01. The summed E-state index contributed by atoms with van der Waals surface area (Å²) < 4.78 is 0. The first-order chi connectivity index (χ1) is 7.86. The summed E-state index contributed by atoms with van der Waals surface area (Å²) in [7, 11) is 0. The molecule has 2 rings (SSSR count). The van der Waals surface area contributed by atoms with Gasteiger partial charge >= 0.3 is 0 Å². The number of carbonyl (C=O) groups is 1. The Balaban J connectivity index is 0. The fraction of sp³-hybridized carbons (Fsp3) is 0. The monoisotopic (exact) mass is 303 g/mol. The van der Waals surface area contributed by atoms with Crippen LogP contribution >= 0.6 is 11.3 Å². The van der Waals surface area contributed by atoms with Crippen LogP contribution in [0.4, 0.5) is 0 Å². The van der Waals surface area contributed by atoms with Crippen molar-refractivity contribution >= 4 is 23.5 Å². The maximum Gasteiger partial charge on any atom is 0.277 e. The van der Waals surface area contributed by atoms with Crippen LogP contribution in [0.2, 0.25) is 0 Å². The standard InChI is InChI=1S/C11H9N3OS.ClH.2H2O/c15-11(9-3-1-5-12-7-9)14-13-8-10-4-2-6-16-10;;;/h1-8H,(H,14,15);1H;2*1H2/b13-8+;;;. The van der Waals surface area contributed by atoms with Crippen molar-refractivity contribution < 1.29 is 33.1 Å². The van der Waals surface area contributed by atoms with Crippen LogP contribution in [-0.4, -0.2) is 23.1 Å². The number of hydrogen-bond donors (Lipinski definition) is 1. The van der Waals surface area contributed by atoms with E-state index in [1.807, 2.05) is 17.5 Å². The molecule has 8 heteroatoms. The average molecular weight is 304 g/mol. The maximum atomic E-state index is 11.5. The summed E-state index contributed by atoms with van der Waals surface area (Å²) in [6.45, 7) is 0. The van der Waals surface area contributed by atoms with Gasteiger partial charge in [0, 0.05) is 10.9 Å². The van der Waals surface area contributed by atoms with E-state index in [2.05, 4.69) is 15.5 Å². The lowest BCUT2D eigenvalue weighted by atomic mass is 10.3. The molecule has 0 saturated heterocycles. The van der Waals surface area contributed by atoms with Gasteiger partial charge in [-0.1, -0.05) is 6.07 Å². The van der Waals surface area contributed by atoms with Gasteiger partial charge < -0.3 is 23.4 Å². The van der Waals surface area contributed by atoms with Crippen molar-refractivity contribution in [2.45, 2.75) is 0 Å². The molecule has 2 aromatic rings. The first-order valence-corrected chi connectivity index (χ1v) is 5.57. The summed E-state index contributed by atoms with van der Waals surface area (Å²) in [4.78, 5) is 15.4. The van der Waals surface area contributed by atoms with Gasteiger partial charge in [-0.25, -0.2) is 10.4 Å². The summed E-state index contributed by atoms with van der Waals surface area (Å²) in [5.41, 5.74) is 3.00. The van der Waals surface area contributed by atoms with E-state index < -0.39 is 0 Å². The van der Waals surface area contributed by atoms with Crippen molar-refractivity contribution in [2.75, 3.05) is 0 Å². The number of hydrazone groups is 1. The minimum Gasteiger partial charge on any atom is -1.00 e. The highest BCUT2D eigenvalue weighted by molar-refractivity contribution is 7.11. The molecule has 0 unspecified atom stereocenters.